The second kappa shape index (κ2) is 8.94. The summed E-state index contributed by atoms with van der Waals surface area (Å²) >= 11 is 6.00. The van der Waals surface area contributed by atoms with E-state index in [0.29, 0.717) is 29.9 Å². The first-order valence-electron chi connectivity index (χ1n) is 6.36. The topological polar surface area (TPSA) is 59.1 Å². The number of halogens is 1. The second-order valence-electron chi connectivity index (χ2n) is 3.81. The van der Waals surface area contributed by atoms with Crippen LogP contribution in [0.2, 0.25) is 5.02 Å². The summed E-state index contributed by atoms with van der Waals surface area (Å²) in [6, 6.07) is 0. The molecule has 0 aliphatic rings. The molecule has 2 N–H and O–H groups in total. The minimum absolute atomic E-state index is 0.519. The van der Waals surface area contributed by atoms with Gasteiger partial charge in [-0.3, -0.25) is 0 Å². The van der Waals surface area contributed by atoms with Gasteiger partial charge in [0.05, 0.1) is 12.8 Å². The summed E-state index contributed by atoms with van der Waals surface area (Å²) in [6.07, 6.45) is 3.84. The quantitative estimate of drug-likeness (QED) is 0.677. The van der Waals surface area contributed by atoms with E-state index in [-0.39, 0.29) is 0 Å². The van der Waals surface area contributed by atoms with Crippen molar-refractivity contribution in [1.82, 2.24) is 9.97 Å². The third kappa shape index (κ3) is 5.51. The molecule has 0 spiro atoms. The molecule has 6 heteroatoms. The summed E-state index contributed by atoms with van der Waals surface area (Å²) in [5, 5.41) is 6.70. The lowest BCUT2D eigenvalue weighted by molar-refractivity contribution is 0.141. The number of ether oxygens (including phenoxy) is 1. The van der Waals surface area contributed by atoms with Crippen molar-refractivity contribution < 1.29 is 4.74 Å². The molecule has 0 atom stereocenters. The van der Waals surface area contributed by atoms with E-state index in [9.17, 15) is 0 Å². The highest BCUT2D eigenvalue weighted by Gasteiger charge is 2.03. The maximum Gasteiger partial charge on any atom is 0.224 e. The van der Waals surface area contributed by atoms with Crippen molar-refractivity contribution >= 4 is 23.4 Å². The molecule has 1 aromatic heterocycles. The van der Waals surface area contributed by atoms with E-state index in [1.54, 1.807) is 6.20 Å². The molecule has 0 aliphatic heterocycles. The fourth-order valence-corrected chi connectivity index (χ4v) is 1.48. The van der Waals surface area contributed by atoms with Gasteiger partial charge in [-0.15, -0.1) is 0 Å². The van der Waals surface area contributed by atoms with E-state index in [4.69, 9.17) is 16.3 Å². The Hall–Kier alpha value is -1.07. The molecule has 0 saturated heterocycles. The zero-order valence-electron chi connectivity index (χ0n) is 11.0. The Bertz CT molecular complexity index is 349. The van der Waals surface area contributed by atoms with Crippen LogP contribution in [0, 0.1) is 0 Å². The monoisotopic (exact) mass is 272 g/mol. The minimum atomic E-state index is 0.519. The Kier molecular flexibility index (Phi) is 7.44. The fourth-order valence-electron chi connectivity index (χ4n) is 1.32. The summed E-state index contributed by atoms with van der Waals surface area (Å²) in [5.74, 6) is 1.22. The molecule has 1 aromatic rings. The molecule has 5 nitrogen and oxygen atoms in total. The van der Waals surface area contributed by atoms with Crippen molar-refractivity contribution in [1.29, 1.82) is 0 Å². The molecule has 18 heavy (non-hydrogen) atoms. The number of hydrogen-bond acceptors (Lipinski definition) is 5. The van der Waals surface area contributed by atoms with Gasteiger partial charge in [-0.1, -0.05) is 24.9 Å². The van der Waals surface area contributed by atoms with E-state index in [1.807, 2.05) is 6.92 Å². The van der Waals surface area contributed by atoms with Crippen LogP contribution in [0.25, 0.3) is 0 Å². The minimum Gasteiger partial charge on any atom is -0.380 e. The van der Waals surface area contributed by atoms with E-state index >= 15 is 0 Å². The fraction of sp³-hybridized carbons (Fsp3) is 0.667. The van der Waals surface area contributed by atoms with Crippen LogP contribution in [0.3, 0.4) is 0 Å². The van der Waals surface area contributed by atoms with Gasteiger partial charge >= 0.3 is 0 Å². The smallest absolute Gasteiger partial charge is 0.224 e. The highest BCUT2D eigenvalue weighted by atomic mass is 35.5. The zero-order chi connectivity index (χ0) is 13.2. The van der Waals surface area contributed by atoms with Crippen LogP contribution >= 0.6 is 11.6 Å². The second-order valence-corrected chi connectivity index (χ2v) is 4.22. The Balaban J connectivity index is 2.34. The molecule has 1 heterocycles. The van der Waals surface area contributed by atoms with Gasteiger partial charge < -0.3 is 15.4 Å². The Morgan fingerprint density at radius 3 is 2.83 bits per heavy atom. The van der Waals surface area contributed by atoms with Crippen molar-refractivity contribution in [3.8, 4) is 0 Å². The van der Waals surface area contributed by atoms with Crippen LogP contribution < -0.4 is 10.6 Å². The third-order valence-electron chi connectivity index (χ3n) is 2.26. The highest BCUT2D eigenvalue weighted by molar-refractivity contribution is 6.32. The van der Waals surface area contributed by atoms with Crippen molar-refractivity contribution in [2.75, 3.05) is 36.9 Å². The van der Waals surface area contributed by atoms with Crippen molar-refractivity contribution in [2.45, 2.75) is 26.7 Å². The van der Waals surface area contributed by atoms with E-state index in [1.165, 1.54) is 0 Å². The molecule has 0 bridgehead atoms. The van der Waals surface area contributed by atoms with Crippen LogP contribution in [-0.4, -0.2) is 36.3 Å². The molecule has 0 amide bonds. The van der Waals surface area contributed by atoms with Crippen LogP contribution in [0.5, 0.6) is 0 Å². The predicted molar refractivity (Wildman–Crippen MR) is 75.4 cm³/mol. The van der Waals surface area contributed by atoms with E-state index < -0.39 is 0 Å². The summed E-state index contributed by atoms with van der Waals surface area (Å²) < 4.78 is 5.45. The normalized spacial score (nSPS) is 10.4. The van der Waals surface area contributed by atoms with E-state index in [2.05, 4.69) is 27.5 Å². The largest absolute Gasteiger partial charge is 0.380 e. The number of hydrogen-bond donors (Lipinski definition) is 2. The molecule has 0 fully saturated rings. The van der Waals surface area contributed by atoms with Crippen LogP contribution in [0.15, 0.2) is 6.20 Å². The lowest BCUT2D eigenvalue weighted by atomic mass is 10.4. The molecular weight excluding hydrogens is 252 g/mol. The first kappa shape index (κ1) is 15.0. The number of anilines is 2. The van der Waals surface area contributed by atoms with Crippen molar-refractivity contribution in [3.05, 3.63) is 11.2 Å². The standard InChI is InChI=1S/C12H21ClN4O/c1-3-5-7-18-8-6-15-11-10(13)9-16-12(17-11)14-4-2/h9H,3-8H2,1-2H3,(H2,14,15,16,17). The van der Waals surface area contributed by atoms with Gasteiger partial charge in [-0.05, 0) is 13.3 Å². The number of unbranched alkanes of at least 4 members (excludes halogenated alkanes) is 1. The van der Waals surface area contributed by atoms with Crippen molar-refractivity contribution in [2.24, 2.45) is 0 Å². The van der Waals surface area contributed by atoms with Crippen molar-refractivity contribution in [3.63, 3.8) is 0 Å². The van der Waals surface area contributed by atoms with Crippen LogP contribution in [0.1, 0.15) is 26.7 Å². The molecule has 0 aliphatic carbocycles. The molecule has 102 valence electrons. The predicted octanol–water partition coefficient (Wildman–Crippen LogP) is 2.79. The molecule has 0 saturated carbocycles. The number of aromatic nitrogens is 2. The lowest BCUT2D eigenvalue weighted by Gasteiger charge is -2.09. The Morgan fingerprint density at radius 1 is 1.28 bits per heavy atom. The summed E-state index contributed by atoms with van der Waals surface area (Å²) in [4.78, 5) is 8.35. The van der Waals surface area contributed by atoms with Gasteiger partial charge in [0, 0.05) is 19.7 Å². The van der Waals surface area contributed by atoms with Crippen LogP contribution in [-0.2, 0) is 4.74 Å². The molecule has 1 rings (SSSR count). The third-order valence-corrected chi connectivity index (χ3v) is 2.54. The SMILES string of the molecule is CCCCOCCNc1nc(NCC)ncc1Cl. The average molecular weight is 273 g/mol. The van der Waals surface area contributed by atoms with Crippen LogP contribution in [0.4, 0.5) is 11.8 Å². The summed E-state index contributed by atoms with van der Waals surface area (Å²) in [5.41, 5.74) is 0. The number of nitrogens with one attached hydrogen (secondary N) is 2. The molecule has 0 unspecified atom stereocenters. The van der Waals surface area contributed by atoms with Gasteiger partial charge in [-0.25, -0.2) is 4.98 Å². The summed E-state index contributed by atoms with van der Waals surface area (Å²) in [6.45, 7) is 7.06. The van der Waals surface area contributed by atoms with E-state index in [0.717, 1.165) is 26.0 Å². The molecule has 0 aromatic carbocycles. The van der Waals surface area contributed by atoms with Gasteiger partial charge in [-0.2, -0.15) is 4.98 Å². The number of nitrogens with zero attached hydrogens (tertiary/aromatic N) is 2. The highest BCUT2D eigenvalue weighted by Crippen LogP contribution is 2.18. The van der Waals surface area contributed by atoms with Gasteiger partial charge in [0.15, 0.2) is 5.82 Å². The molecule has 0 radical (unpaired) electrons. The Labute approximate surface area is 113 Å². The lowest BCUT2D eigenvalue weighted by Crippen LogP contribution is -2.12. The summed E-state index contributed by atoms with van der Waals surface area (Å²) in [7, 11) is 0. The average Bonchev–Trinajstić information content (AvgIpc) is 2.37. The number of rotatable bonds is 9. The first-order valence-corrected chi connectivity index (χ1v) is 6.73. The van der Waals surface area contributed by atoms with Gasteiger partial charge in [0.2, 0.25) is 5.95 Å². The van der Waals surface area contributed by atoms with Gasteiger partial charge in [0.1, 0.15) is 5.02 Å². The molecular formula is C12H21ClN4O. The maximum absolute atomic E-state index is 6.00. The maximum atomic E-state index is 6.00. The zero-order valence-corrected chi connectivity index (χ0v) is 11.8. The Morgan fingerprint density at radius 2 is 2.11 bits per heavy atom. The first-order chi connectivity index (χ1) is 8.77. The van der Waals surface area contributed by atoms with Gasteiger partial charge in [0.25, 0.3) is 0 Å².